The third-order valence-electron chi connectivity index (χ3n) is 4.83. The van der Waals surface area contributed by atoms with Crippen molar-refractivity contribution in [2.75, 3.05) is 32.6 Å². The maximum Gasteiger partial charge on any atom is 0.321 e. The Hall–Kier alpha value is -3.07. The van der Waals surface area contributed by atoms with Gasteiger partial charge in [0.25, 0.3) is 5.89 Å². The molecule has 1 unspecified atom stereocenters. The first-order valence-electron chi connectivity index (χ1n) is 9.32. The van der Waals surface area contributed by atoms with Crippen molar-refractivity contribution < 1.29 is 18.7 Å². The number of amides is 2. The van der Waals surface area contributed by atoms with Gasteiger partial charge < -0.3 is 24.1 Å². The van der Waals surface area contributed by atoms with Gasteiger partial charge in [0, 0.05) is 37.0 Å². The van der Waals surface area contributed by atoms with E-state index in [0.717, 1.165) is 17.7 Å². The molecular weight excluding hydrogens is 392 g/mol. The zero-order valence-electron chi connectivity index (χ0n) is 16.3. The van der Waals surface area contributed by atoms with Crippen molar-refractivity contribution in [1.82, 2.24) is 15.1 Å². The first-order chi connectivity index (χ1) is 14.2. The molecule has 4 rings (SSSR count). The summed E-state index contributed by atoms with van der Waals surface area (Å²) in [7, 11) is 3.15. The smallest absolute Gasteiger partial charge is 0.321 e. The van der Waals surface area contributed by atoms with Gasteiger partial charge in [-0.1, -0.05) is 6.07 Å². The van der Waals surface area contributed by atoms with Crippen molar-refractivity contribution >= 4 is 23.1 Å². The van der Waals surface area contributed by atoms with Crippen LogP contribution in [-0.4, -0.2) is 48.4 Å². The number of carbonyl (C=O) groups is 1. The molecule has 1 aliphatic heterocycles. The fourth-order valence-corrected chi connectivity index (χ4v) is 3.99. The van der Waals surface area contributed by atoms with Gasteiger partial charge in [-0.25, -0.2) is 4.79 Å². The molecule has 29 heavy (non-hydrogen) atoms. The Morgan fingerprint density at radius 3 is 2.72 bits per heavy atom. The van der Waals surface area contributed by atoms with Gasteiger partial charge in [0.2, 0.25) is 5.89 Å². The molecule has 1 N–H and O–H groups in total. The van der Waals surface area contributed by atoms with Crippen LogP contribution >= 0.6 is 11.3 Å². The van der Waals surface area contributed by atoms with Crippen LogP contribution < -0.4 is 14.8 Å². The van der Waals surface area contributed by atoms with Crippen molar-refractivity contribution in [2.45, 2.75) is 18.8 Å². The van der Waals surface area contributed by atoms with Crippen LogP contribution in [0.25, 0.3) is 10.8 Å². The summed E-state index contributed by atoms with van der Waals surface area (Å²) < 4.78 is 16.4. The highest BCUT2D eigenvalue weighted by atomic mass is 32.1. The van der Waals surface area contributed by atoms with Gasteiger partial charge in [0.1, 0.15) is 11.5 Å². The minimum absolute atomic E-state index is 0.0237. The molecule has 8 nitrogen and oxygen atoms in total. The zero-order valence-corrected chi connectivity index (χ0v) is 17.1. The summed E-state index contributed by atoms with van der Waals surface area (Å²) in [6, 6.07) is 8.99. The normalized spacial score (nSPS) is 16.5. The minimum Gasteiger partial charge on any atom is -0.497 e. The molecular formula is C20H22N4O4S. The van der Waals surface area contributed by atoms with Crippen LogP contribution in [-0.2, 0) is 0 Å². The Morgan fingerprint density at radius 1 is 1.24 bits per heavy atom. The number of nitrogens with zero attached hydrogens (tertiary/aromatic N) is 3. The standard InChI is InChI=1S/C20H22N4O4S/c1-26-15-9-14(10-16(11-15)27-2)21-20(25)24-7-3-5-13(12-24)18-22-23-19(28-18)17-6-4-8-29-17/h4,6,8-11,13H,3,5,7,12H2,1-2H3,(H,21,25). The largest absolute Gasteiger partial charge is 0.497 e. The van der Waals surface area contributed by atoms with E-state index in [1.165, 1.54) is 0 Å². The highest BCUT2D eigenvalue weighted by molar-refractivity contribution is 7.13. The lowest BCUT2D eigenvalue weighted by molar-refractivity contribution is 0.187. The average molecular weight is 414 g/mol. The lowest BCUT2D eigenvalue weighted by atomic mass is 9.98. The van der Waals surface area contributed by atoms with E-state index in [0.29, 0.717) is 42.1 Å². The summed E-state index contributed by atoms with van der Waals surface area (Å²) in [5.41, 5.74) is 0.617. The second-order valence-electron chi connectivity index (χ2n) is 6.74. The molecule has 3 aromatic rings. The van der Waals surface area contributed by atoms with Crippen LogP contribution in [0.3, 0.4) is 0 Å². The molecule has 0 bridgehead atoms. The van der Waals surface area contributed by atoms with E-state index < -0.39 is 0 Å². The third-order valence-corrected chi connectivity index (χ3v) is 5.69. The van der Waals surface area contributed by atoms with Gasteiger partial charge in [-0.3, -0.25) is 0 Å². The number of aromatic nitrogens is 2. The molecule has 0 saturated carbocycles. The third kappa shape index (κ3) is 4.34. The summed E-state index contributed by atoms with van der Waals surface area (Å²) in [6.07, 6.45) is 1.78. The van der Waals surface area contributed by atoms with E-state index >= 15 is 0 Å². The van der Waals surface area contributed by atoms with Crippen LogP contribution in [0.2, 0.25) is 0 Å². The molecule has 2 amide bonds. The van der Waals surface area contributed by atoms with E-state index in [9.17, 15) is 4.79 Å². The molecule has 1 saturated heterocycles. The number of hydrogen-bond donors (Lipinski definition) is 1. The van der Waals surface area contributed by atoms with Crippen molar-refractivity contribution in [3.8, 4) is 22.3 Å². The molecule has 152 valence electrons. The average Bonchev–Trinajstić information content (AvgIpc) is 3.45. The predicted molar refractivity (Wildman–Crippen MR) is 110 cm³/mol. The number of rotatable bonds is 5. The molecule has 1 atom stereocenters. The lowest BCUT2D eigenvalue weighted by Crippen LogP contribution is -2.41. The SMILES string of the molecule is COc1cc(NC(=O)N2CCCC(c3nnc(-c4cccs4)o3)C2)cc(OC)c1. The summed E-state index contributed by atoms with van der Waals surface area (Å²) >= 11 is 1.56. The lowest BCUT2D eigenvalue weighted by Gasteiger charge is -2.31. The number of urea groups is 1. The van der Waals surface area contributed by atoms with E-state index in [-0.39, 0.29) is 11.9 Å². The molecule has 1 fully saturated rings. The molecule has 1 aliphatic rings. The number of piperidine rings is 1. The zero-order chi connectivity index (χ0) is 20.2. The molecule has 0 spiro atoms. The van der Waals surface area contributed by atoms with Crippen LogP contribution in [0.15, 0.2) is 40.1 Å². The second kappa shape index (κ2) is 8.52. The molecule has 9 heteroatoms. The number of benzene rings is 1. The quantitative estimate of drug-likeness (QED) is 0.672. The minimum atomic E-state index is -0.178. The van der Waals surface area contributed by atoms with Crippen LogP contribution in [0.1, 0.15) is 24.7 Å². The molecule has 2 aromatic heterocycles. The Balaban J connectivity index is 1.44. The number of nitrogens with one attached hydrogen (secondary N) is 1. The van der Waals surface area contributed by atoms with Gasteiger partial charge in [-0.2, -0.15) is 0 Å². The van der Waals surface area contributed by atoms with Crippen molar-refractivity contribution in [2.24, 2.45) is 0 Å². The fourth-order valence-electron chi connectivity index (χ4n) is 3.34. The fraction of sp³-hybridized carbons (Fsp3) is 0.350. The van der Waals surface area contributed by atoms with Gasteiger partial charge >= 0.3 is 6.03 Å². The number of carbonyl (C=O) groups excluding carboxylic acids is 1. The Morgan fingerprint density at radius 2 is 2.03 bits per heavy atom. The number of ether oxygens (including phenoxy) is 2. The Labute approximate surface area is 172 Å². The van der Waals surface area contributed by atoms with Gasteiger partial charge in [0.05, 0.1) is 25.0 Å². The summed E-state index contributed by atoms with van der Waals surface area (Å²) in [5.74, 6) is 2.36. The summed E-state index contributed by atoms with van der Waals surface area (Å²) in [5, 5.41) is 13.3. The first-order valence-corrected chi connectivity index (χ1v) is 10.2. The predicted octanol–water partition coefficient (Wildman–Crippen LogP) is 4.23. The first kappa shape index (κ1) is 19.3. The molecule has 0 radical (unpaired) electrons. The number of anilines is 1. The highest BCUT2D eigenvalue weighted by Gasteiger charge is 2.29. The van der Waals surface area contributed by atoms with Gasteiger partial charge in [0.15, 0.2) is 0 Å². The highest BCUT2D eigenvalue weighted by Crippen LogP contribution is 2.31. The van der Waals surface area contributed by atoms with Crippen LogP contribution in [0.5, 0.6) is 11.5 Å². The van der Waals surface area contributed by atoms with E-state index in [1.54, 1.807) is 48.7 Å². The number of methoxy groups -OCH3 is 2. The molecule has 3 heterocycles. The second-order valence-corrected chi connectivity index (χ2v) is 7.69. The Bertz CT molecular complexity index is 951. The van der Waals surface area contributed by atoms with Crippen molar-refractivity contribution in [3.63, 3.8) is 0 Å². The number of thiophene rings is 1. The summed E-state index contributed by atoms with van der Waals surface area (Å²) in [4.78, 5) is 15.5. The maximum atomic E-state index is 12.8. The topological polar surface area (TPSA) is 89.7 Å². The molecule has 1 aromatic carbocycles. The van der Waals surface area contributed by atoms with E-state index in [2.05, 4.69) is 15.5 Å². The summed E-state index contributed by atoms with van der Waals surface area (Å²) in [6.45, 7) is 1.20. The van der Waals surface area contributed by atoms with Crippen molar-refractivity contribution in [3.05, 3.63) is 41.6 Å². The van der Waals surface area contributed by atoms with E-state index in [1.807, 2.05) is 17.5 Å². The number of hydrogen-bond acceptors (Lipinski definition) is 7. The van der Waals surface area contributed by atoms with Crippen LogP contribution in [0.4, 0.5) is 10.5 Å². The number of likely N-dealkylation sites (tertiary alicyclic amines) is 1. The van der Waals surface area contributed by atoms with Crippen molar-refractivity contribution in [1.29, 1.82) is 0 Å². The van der Waals surface area contributed by atoms with Crippen LogP contribution in [0, 0.1) is 0 Å². The Kier molecular flexibility index (Phi) is 5.66. The maximum absolute atomic E-state index is 12.8. The monoisotopic (exact) mass is 414 g/mol. The van der Waals surface area contributed by atoms with E-state index in [4.69, 9.17) is 13.9 Å². The van der Waals surface area contributed by atoms with Gasteiger partial charge in [-0.15, -0.1) is 21.5 Å². The molecule has 0 aliphatic carbocycles. The van der Waals surface area contributed by atoms with Gasteiger partial charge in [-0.05, 0) is 24.3 Å².